The van der Waals surface area contributed by atoms with Gasteiger partial charge in [0.05, 0.1) is 22.9 Å². The van der Waals surface area contributed by atoms with Gasteiger partial charge in [-0.25, -0.2) is 10.4 Å². The van der Waals surface area contributed by atoms with Crippen LogP contribution in [0.3, 0.4) is 0 Å². The summed E-state index contributed by atoms with van der Waals surface area (Å²) >= 11 is 1.42. The fourth-order valence-electron chi connectivity index (χ4n) is 2.52. The number of aromatic nitrogens is 2. The number of benzene rings is 1. The molecule has 0 atom stereocenters. The number of nitrogens with zero attached hydrogens (tertiary/aromatic N) is 4. The first kappa shape index (κ1) is 19.2. The number of nitro groups is 1. The highest BCUT2D eigenvalue weighted by molar-refractivity contribution is 7.18. The van der Waals surface area contributed by atoms with Gasteiger partial charge >= 0.3 is 5.69 Å². The molecular weight excluding hydrogens is 386 g/mol. The average Bonchev–Trinajstić information content (AvgIpc) is 2.93. The summed E-state index contributed by atoms with van der Waals surface area (Å²) in [6.07, 6.45) is 2.51. The summed E-state index contributed by atoms with van der Waals surface area (Å²) in [6.45, 7) is 3.46. The zero-order chi connectivity index (χ0) is 20.4. The van der Waals surface area contributed by atoms with Gasteiger partial charge < -0.3 is 5.11 Å². The molecule has 144 valence electrons. The van der Waals surface area contributed by atoms with Crippen molar-refractivity contribution in [2.45, 2.75) is 20.4 Å². The lowest BCUT2D eigenvalue weighted by Gasteiger charge is -2.04. The Hall–Kier alpha value is -3.60. The second-order valence-corrected chi connectivity index (χ2v) is 7.14. The largest absolute Gasteiger partial charge is 0.502 e. The molecule has 11 heteroatoms. The summed E-state index contributed by atoms with van der Waals surface area (Å²) in [5.74, 6) is -1.02. The minimum atomic E-state index is -0.727. The van der Waals surface area contributed by atoms with E-state index in [1.807, 2.05) is 13.8 Å². The number of rotatable bonds is 5. The lowest BCUT2D eigenvalue weighted by molar-refractivity contribution is -0.385. The molecule has 3 rings (SSSR count). The molecule has 0 aliphatic heterocycles. The van der Waals surface area contributed by atoms with Gasteiger partial charge in [0.25, 0.3) is 11.5 Å². The molecule has 1 amide bonds. The predicted molar refractivity (Wildman–Crippen MR) is 104 cm³/mol. The lowest BCUT2D eigenvalue weighted by Crippen LogP contribution is -2.30. The smallest absolute Gasteiger partial charge is 0.311 e. The molecule has 0 saturated carbocycles. The zero-order valence-corrected chi connectivity index (χ0v) is 15.7. The first-order chi connectivity index (χ1) is 13.3. The maximum absolute atomic E-state index is 12.6. The van der Waals surface area contributed by atoms with Gasteiger partial charge in [-0.1, -0.05) is 0 Å². The Morgan fingerprint density at radius 3 is 2.93 bits per heavy atom. The van der Waals surface area contributed by atoms with Gasteiger partial charge in [-0.05, 0) is 31.5 Å². The van der Waals surface area contributed by atoms with Crippen LogP contribution in [0.2, 0.25) is 0 Å². The quantitative estimate of drug-likeness (QED) is 0.380. The van der Waals surface area contributed by atoms with Crippen molar-refractivity contribution in [1.82, 2.24) is 15.0 Å². The number of thiophene rings is 1. The predicted octanol–water partition coefficient (Wildman–Crippen LogP) is 1.84. The number of amides is 1. The van der Waals surface area contributed by atoms with Crippen LogP contribution in [0.15, 0.2) is 34.4 Å². The molecule has 2 N–H and O–H groups in total. The van der Waals surface area contributed by atoms with E-state index in [1.54, 1.807) is 0 Å². The Kier molecular flexibility index (Phi) is 5.18. The van der Waals surface area contributed by atoms with Crippen molar-refractivity contribution in [2.75, 3.05) is 0 Å². The van der Waals surface area contributed by atoms with Crippen LogP contribution in [0.25, 0.3) is 10.2 Å². The normalized spacial score (nSPS) is 11.2. The van der Waals surface area contributed by atoms with Gasteiger partial charge in [0.15, 0.2) is 5.75 Å². The number of hydrogen-bond donors (Lipinski definition) is 2. The monoisotopic (exact) mass is 401 g/mol. The van der Waals surface area contributed by atoms with E-state index in [-0.39, 0.29) is 12.1 Å². The van der Waals surface area contributed by atoms with Crippen LogP contribution in [0.4, 0.5) is 5.69 Å². The molecule has 0 aliphatic carbocycles. The number of hydrazone groups is 1. The Labute approximate surface area is 161 Å². The number of carbonyl (C=O) groups is 1. The Bertz CT molecular complexity index is 1180. The van der Waals surface area contributed by atoms with Gasteiger partial charge in [-0.2, -0.15) is 5.10 Å². The van der Waals surface area contributed by atoms with E-state index >= 15 is 0 Å². The SMILES string of the molecule is Cc1sc2ncn(CC(=O)N/N=C/c3ccc(O)c([N+](=O)[O-])c3)c(=O)c2c1C. The Morgan fingerprint density at radius 1 is 1.46 bits per heavy atom. The molecule has 0 aliphatic rings. The van der Waals surface area contributed by atoms with Crippen molar-refractivity contribution < 1.29 is 14.8 Å². The van der Waals surface area contributed by atoms with E-state index in [4.69, 9.17) is 0 Å². The van der Waals surface area contributed by atoms with Crippen LogP contribution in [0.1, 0.15) is 16.0 Å². The summed E-state index contributed by atoms with van der Waals surface area (Å²) in [6, 6.07) is 3.68. The molecule has 0 unspecified atom stereocenters. The summed E-state index contributed by atoms with van der Waals surface area (Å²) in [5, 5.41) is 24.4. The maximum Gasteiger partial charge on any atom is 0.311 e. The molecule has 0 spiro atoms. The fraction of sp³-hybridized carbons (Fsp3) is 0.176. The van der Waals surface area contributed by atoms with Gasteiger partial charge in [0.1, 0.15) is 11.4 Å². The molecule has 10 nitrogen and oxygen atoms in total. The summed E-state index contributed by atoms with van der Waals surface area (Å²) in [4.78, 5) is 40.5. The number of phenols is 1. The maximum atomic E-state index is 12.6. The first-order valence-corrected chi connectivity index (χ1v) is 8.84. The van der Waals surface area contributed by atoms with Crippen molar-refractivity contribution in [3.05, 3.63) is 61.0 Å². The lowest BCUT2D eigenvalue weighted by atomic mass is 10.2. The third-order valence-corrected chi connectivity index (χ3v) is 5.18. The average molecular weight is 401 g/mol. The van der Waals surface area contributed by atoms with E-state index in [2.05, 4.69) is 15.5 Å². The highest BCUT2D eigenvalue weighted by Crippen LogP contribution is 2.26. The number of phenolic OH excluding ortho intramolecular Hbond substituents is 1. The number of hydrogen-bond acceptors (Lipinski definition) is 8. The van der Waals surface area contributed by atoms with E-state index < -0.39 is 22.3 Å². The minimum absolute atomic E-state index is 0.275. The van der Waals surface area contributed by atoms with E-state index in [1.165, 1.54) is 34.5 Å². The molecule has 0 saturated heterocycles. The van der Waals surface area contributed by atoms with Crippen molar-refractivity contribution >= 4 is 39.4 Å². The van der Waals surface area contributed by atoms with Crippen LogP contribution < -0.4 is 11.0 Å². The van der Waals surface area contributed by atoms with Crippen LogP contribution in [-0.2, 0) is 11.3 Å². The fourth-order valence-corrected chi connectivity index (χ4v) is 3.51. The second-order valence-electron chi connectivity index (χ2n) is 5.94. The third-order valence-electron chi connectivity index (χ3n) is 4.07. The molecule has 2 aromatic heterocycles. The standard InChI is InChI=1S/C17H15N5O5S/c1-9-10(2)28-16-15(9)17(25)21(8-18-16)7-14(24)20-19-6-11-3-4-13(23)12(5-11)22(26)27/h3-6,8,23H,7H2,1-2H3,(H,20,24)/b19-6+. The first-order valence-electron chi connectivity index (χ1n) is 8.02. The van der Waals surface area contributed by atoms with Crippen LogP contribution >= 0.6 is 11.3 Å². The van der Waals surface area contributed by atoms with Crippen molar-refractivity contribution in [1.29, 1.82) is 0 Å². The van der Waals surface area contributed by atoms with Gasteiger partial charge in [0, 0.05) is 16.5 Å². The molecule has 3 aromatic rings. The second kappa shape index (κ2) is 7.56. The van der Waals surface area contributed by atoms with Crippen LogP contribution in [0, 0.1) is 24.0 Å². The molecule has 28 heavy (non-hydrogen) atoms. The number of aryl methyl sites for hydroxylation is 2. The van der Waals surface area contributed by atoms with E-state index in [9.17, 15) is 24.8 Å². The summed E-state index contributed by atoms with van der Waals surface area (Å²) in [5.41, 5.74) is 2.64. The highest BCUT2D eigenvalue weighted by atomic mass is 32.1. The van der Waals surface area contributed by atoms with Gasteiger partial charge in [-0.15, -0.1) is 11.3 Å². The van der Waals surface area contributed by atoms with Gasteiger partial charge in [-0.3, -0.25) is 24.3 Å². The molecule has 0 fully saturated rings. The molecule has 1 aromatic carbocycles. The number of carbonyl (C=O) groups excluding carboxylic acids is 1. The number of nitro benzene ring substituents is 1. The van der Waals surface area contributed by atoms with Crippen LogP contribution in [-0.4, -0.2) is 31.7 Å². The molecule has 0 bridgehead atoms. The number of fused-ring (bicyclic) bond motifs is 1. The van der Waals surface area contributed by atoms with Gasteiger partial charge in [0.2, 0.25) is 0 Å². The highest BCUT2D eigenvalue weighted by Gasteiger charge is 2.14. The number of nitrogens with one attached hydrogen (secondary N) is 1. The molecular formula is C17H15N5O5S. The molecule has 2 heterocycles. The summed E-state index contributed by atoms with van der Waals surface area (Å²) in [7, 11) is 0. The van der Waals surface area contributed by atoms with Crippen LogP contribution in [0.5, 0.6) is 5.75 Å². The summed E-state index contributed by atoms with van der Waals surface area (Å²) < 4.78 is 1.19. The number of aromatic hydroxyl groups is 1. The topological polar surface area (TPSA) is 140 Å². The Morgan fingerprint density at radius 2 is 2.21 bits per heavy atom. The molecule has 0 radical (unpaired) electrons. The van der Waals surface area contributed by atoms with Crippen molar-refractivity contribution in [2.24, 2.45) is 5.10 Å². The Balaban J connectivity index is 1.72. The third kappa shape index (κ3) is 3.74. The van der Waals surface area contributed by atoms with E-state index in [0.29, 0.717) is 15.8 Å². The van der Waals surface area contributed by atoms with E-state index in [0.717, 1.165) is 22.6 Å². The van der Waals surface area contributed by atoms with Crippen molar-refractivity contribution in [3.8, 4) is 5.75 Å². The van der Waals surface area contributed by atoms with Crippen molar-refractivity contribution in [3.63, 3.8) is 0 Å². The zero-order valence-electron chi connectivity index (χ0n) is 14.9. The minimum Gasteiger partial charge on any atom is -0.502 e.